The average Bonchev–Trinajstić information content (AvgIpc) is 2.61. The Morgan fingerprint density at radius 3 is 2.11 bits per heavy atom. The van der Waals surface area contributed by atoms with Gasteiger partial charge in [0.25, 0.3) is 5.91 Å². The Morgan fingerprint density at radius 1 is 1.07 bits per heavy atom. The van der Waals surface area contributed by atoms with Crippen LogP contribution in [0.5, 0.6) is 0 Å². The van der Waals surface area contributed by atoms with E-state index >= 15 is 0 Å². The molecule has 0 saturated heterocycles. The summed E-state index contributed by atoms with van der Waals surface area (Å²) in [5, 5.41) is 12.4. The maximum atomic E-state index is 12.6. The minimum atomic E-state index is -4.52. The fraction of sp³-hybridized carbons (Fsp3) is 0.222. The van der Waals surface area contributed by atoms with Crippen molar-refractivity contribution in [1.82, 2.24) is 5.32 Å². The van der Waals surface area contributed by atoms with Crippen molar-refractivity contribution in [3.8, 4) is 0 Å². The Morgan fingerprint density at radius 2 is 1.63 bits per heavy atom. The summed E-state index contributed by atoms with van der Waals surface area (Å²) < 4.78 is 38.7. The van der Waals surface area contributed by atoms with Crippen molar-refractivity contribution in [2.75, 3.05) is 0 Å². The van der Waals surface area contributed by atoms with Crippen LogP contribution in [0.2, 0.25) is 0 Å². The SMILES string of the molecule is NC(=O)[C@H](Cc1ccc(I)cc1)NC(=O)[C@@H](O)c1ccc(C(F)(F)F)cc1. The summed E-state index contributed by atoms with van der Waals surface area (Å²) in [7, 11) is 0. The van der Waals surface area contributed by atoms with Gasteiger partial charge in [0.1, 0.15) is 6.04 Å². The molecular weight excluding hydrogens is 476 g/mol. The number of hydrogen-bond acceptors (Lipinski definition) is 3. The second-order valence-electron chi connectivity index (χ2n) is 5.82. The van der Waals surface area contributed by atoms with Crippen molar-refractivity contribution in [2.24, 2.45) is 5.73 Å². The number of aliphatic hydroxyl groups excluding tert-OH is 1. The number of amides is 2. The second kappa shape index (κ2) is 8.70. The molecule has 5 nitrogen and oxygen atoms in total. The van der Waals surface area contributed by atoms with Crippen molar-refractivity contribution in [1.29, 1.82) is 0 Å². The molecule has 0 fully saturated rings. The Balaban J connectivity index is 2.07. The zero-order valence-electron chi connectivity index (χ0n) is 13.8. The zero-order valence-corrected chi connectivity index (χ0v) is 16.0. The molecule has 2 rings (SSSR count). The third-order valence-corrected chi connectivity index (χ3v) is 4.53. The molecule has 0 aliphatic rings. The van der Waals surface area contributed by atoms with Gasteiger partial charge in [-0.2, -0.15) is 13.2 Å². The minimum Gasteiger partial charge on any atom is -0.378 e. The number of halogens is 4. The monoisotopic (exact) mass is 492 g/mol. The van der Waals surface area contributed by atoms with Crippen molar-refractivity contribution in [3.05, 3.63) is 68.8 Å². The molecule has 0 spiro atoms. The van der Waals surface area contributed by atoms with Gasteiger partial charge in [-0.25, -0.2) is 0 Å². The number of nitrogens with two attached hydrogens (primary N) is 1. The maximum Gasteiger partial charge on any atom is 0.416 e. The summed E-state index contributed by atoms with van der Waals surface area (Å²) in [4.78, 5) is 23.8. The highest BCUT2D eigenvalue weighted by molar-refractivity contribution is 14.1. The predicted octanol–water partition coefficient (Wildman–Crippen LogP) is 2.56. The first-order valence-electron chi connectivity index (χ1n) is 7.77. The highest BCUT2D eigenvalue weighted by Crippen LogP contribution is 2.30. The minimum absolute atomic E-state index is 0.0296. The van der Waals surface area contributed by atoms with Crippen molar-refractivity contribution >= 4 is 34.4 Å². The summed E-state index contributed by atoms with van der Waals surface area (Å²) in [6.45, 7) is 0. The number of carbonyl (C=O) groups excluding carboxylic acids is 2. The van der Waals surface area contributed by atoms with Gasteiger partial charge in [-0.1, -0.05) is 24.3 Å². The lowest BCUT2D eigenvalue weighted by Crippen LogP contribution is -2.47. The number of carbonyl (C=O) groups is 2. The van der Waals surface area contributed by atoms with E-state index < -0.39 is 35.7 Å². The number of rotatable bonds is 6. The third-order valence-electron chi connectivity index (χ3n) is 3.82. The lowest BCUT2D eigenvalue weighted by atomic mass is 10.0. The fourth-order valence-corrected chi connectivity index (χ4v) is 2.69. The molecule has 0 aliphatic carbocycles. The summed E-state index contributed by atoms with van der Waals surface area (Å²) in [6, 6.07) is 9.68. The number of alkyl halides is 3. The lowest BCUT2D eigenvalue weighted by Gasteiger charge is -2.19. The van der Waals surface area contributed by atoms with Crippen LogP contribution in [0.1, 0.15) is 22.8 Å². The van der Waals surface area contributed by atoms with Gasteiger partial charge < -0.3 is 16.2 Å². The van der Waals surface area contributed by atoms with E-state index in [1.165, 1.54) is 0 Å². The predicted molar refractivity (Wildman–Crippen MR) is 100 cm³/mol. The van der Waals surface area contributed by atoms with E-state index in [2.05, 4.69) is 27.9 Å². The molecule has 0 radical (unpaired) electrons. The van der Waals surface area contributed by atoms with Crippen LogP contribution in [-0.4, -0.2) is 23.0 Å². The van der Waals surface area contributed by atoms with Gasteiger partial charge >= 0.3 is 6.18 Å². The molecule has 0 aromatic heterocycles. The number of hydrogen-bond donors (Lipinski definition) is 3. The van der Waals surface area contributed by atoms with Crippen LogP contribution in [0.25, 0.3) is 0 Å². The van der Waals surface area contributed by atoms with Crippen LogP contribution in [0.3, 0.4) is 0 Å². The molecule has 2 atom stereocenters. The van der Waals surface area contributed by atoms with E-state index in [4.69, 9.17) is 5.73 Å². The Labute approximate surface area is 166 Å². The molecular formula is C18H16F3IN2O3. The van der Waals surface area contributed by atoms with Crippen LogP contribution in [0, 0.1) is 3.57 Å². The molecule has 2 aromatic carbocycles. The Bertz CT molecular complexity index is 808. The zero-order chi connectivity index (χ0) is 20.2. The highest BCUT2D eigenvalue weighted by Gasteiger charge is 2.31. The van der Waals surface area contributed by atoms with Gasteiger partial charge in [-0.3, -0.25) is 9.59 Å². The normalized spacial score (nSPS) is 13.7. The van der Waals surface area contributed by atoms with E-state index in [1.54, 1.807) is 12.1 Å². The van der Waals surface area contributed by atoms with E-state index in [9.17, 15) is 27.9 Å². The molecule has 4 N–H and O–H groups in total. The highest BCUT2D eigenvalue weighted by atomic mass is 127. The number of aliphatic hydroxyl groups is 1. The largest absolute Gasteiger partial charge is 0.416 e. The third kappa shape index (κ3) is 5.93. The average molecular weight is 492 g/mol. The molecule has 2 aromatic rings. The lowest BCUT2D eigenvalue weighted by molar-refractivity contribution is -0.137. The van der Waals surface area contributed by atoms with Crippen LogP contribution in [0.15, 0.2) is 48.5 Å². The molecule has 9 heteroatoms. The molecule has 2 amide bonds. The van der Waals surface area contributed by atoms with Crippen molar-refractivity contribution in [2.45, 2.75) is 24.7 Å². The van der Waals surface area contributed by atoms with Crippen molar-refractivity contribution < 1.29 is 27.9 Å². The van der Waals surface area contributed by atoms with Gasteiger partial charge in [0.15, 0.2) is 6.10 Å². The van der Waals surface area contributed by atoms with Gasteiger partial charge in [-0.05, 0) is 58.0 Å². The molecule has 27 heavy (non-hydrogen) atoms. The first-order chi connectivity index (χ1) is 12.6. The first kappa shape index (κ1) is 21.2. The summed E-state index contributed by atoms with van der Waals surface area (Å²) in [6.07, 6.45) is -6.13. The van der Waals surface area contributed by atoms with Crippen LogP contribution >= 0.6 is 22.6 Å². The van der Waals surface area contributed by atoms with Crippen LogP contribution in [0.4, 0.5) is 13.2 Å². The van der Waals surface area contributed by atoms with E-state index in [0.717, 1.165) is 33.4 Å². The molecule has 0 unspecified atom stereocenters. The molecule has 0 heterocycles. The second-order valence-corrected chi connectivity index (χ2v) is 7.06. The smallest absolute Gasteiger partial charge is 0.378 e. The van der Waals surface area contributed by atoms with Crippen molar-refractivity contribution in [3.63, 3.8) is 0 Å². The standard InChI is InChI=1S/C18H16F3IN2O3/c19-18(20,21)12-5-3-11(4-6-12)15(25)17(27)24-14(16(23)26)9-10-1-7-13(22)8-2-10/h1-8,14-15,25H,9H2,(H2,23,26)(H,24,27)/t14-,15-/m0/s1. The van der Waals surface area contributed by atoms with E-state index in [0.29, 0.717) is 0 Å². The van der Waals surface area contributed by atoms with Crippen LogP contribution < -0.4 is 11.1 Å². The Kier molecular flexibility index (Phi) is 6.82. The van der Waals surface area contributed by atoms with E-state index in [1.807, 2.05) is 12.1 Å². The fourth-order valence-electron chi connectivity index (χ4n) is 2.34. The quantitative estimate of drug-likeness (QED) is 0.542. The topological polar surface area (TPSA) is 92.4 Å². The summed E-state index contributed by atoms with van der Waals surface area (Å²) in [5.74, 6) is -1.72. The summed E-state index contributed by atoms with van der Waals surface area (Å²) in [5.41, 5.74) is 5.14. The molecule has 0 bridgehead atoms. The van der Waals surface area contributed by atoms with Gasteiger partial charge in [0, 0.05) is 9.99 Å². The molecule has 0 saturated carbocycles. The Hall–Kier alpha value is -2.14. The van der Waals surface area contributed by atoms with E-state index in [-0.39, 0.29) is 12.0 Å². The first-order valence-corrected chi connectivity index (χ1v) is 8.85. The molecule has 144 valence electrons. The van der Waals surface area contributed by atoms with Gasteiger partial charge in [0.2, 0.25) is 5.91 Å². The van der Waals surface area contributed by atoms with Crippen LogP contribution in [-0.2, 0) is 22.2 Å². The van der Waals surface area contributed by atoms with Gasteiger partial charge in [0.05, 0.1) is 5.56 Å². The number of benzene rings is 2. The molecule has 0 aliphatic heterocycles. The summed E-state index contributed by atoms with van der Waals surface area (Å²) >= 11 is 2.12. The van der Waals surface area contributed by atoms with Gasteiger partial charge in [-0.15, -0.1) is 0 Å². The number of nitrogens with one attached hydrogen (secondary N) is 1. The number of primary amides is 1. The maximum absolute atomic E-state index is 12.6.